The van der Waals surface area contributed by atoms with Gasteiger partial charge in [-0.3, -0.25) is 4.79 Å². The first-order chi connectivity index (χ1) is 11.2. The van der Waals surface area contributed by atoms with Crippen LogP contribution < -0.4 is 10.6 Å². The SMILES string of the molecule is O=C(NCCO)c1ccc(NC2CCCC23CCOCC3)nn1. The molecule has 126 valence electrons. The van der Waals surface area contributed by atoms with Crippen molar-refractivity contribution in [1.82, 2.24) is 15.5 Å². The van der Waals surface area contributed by atoms with Crippen LogP contribution in [0.5, 0.6) is 0 Å². The van der Waals surface area contributed by atoms with Gasteiger partial charge in [0.25, 0.3) is 5.91 Å². The molecule has 2 aliphatic rings. The summed E-state index contributed by atoms with van der Waals surface area (Å²) in [6.45, 7) is 1.81. The third-order valence-electron chi connectivity index (χ3n) is 5.01. The number of ether oxygens (including phenoxy) is 1. The highest BCUT2D eigenvalue weighted by molar-refractivity contribution is 5.92. The van der Waals surface area contributed by atoms with Crippen LogP contribution in [0, 0.1) is 5.41 Å². The van der Waals surface area contributed by atoms with Gasteiger partial charge < -0.3 is 20.5 Å². The van der Waals surface area contributed by atoms with Crippen LogP contribution in [0.3, 0.4) is 0 Å². The van der Waals surface area contributed by atoms with Gasteiger partial charge >= 0.3 is 0 Å². The molecule has 7 heteroatoms. The first-order valence-corrected chi connectivity index (χ1v) is 8.31. The van der Waals surface area contributed by atoms with Gasteiger partial charge in [-0.2, -0.15) is 0 Å². The number of carbonyl (C=O) groups is 1. The highest BCUT2D eigenvalue weighted by Gasteiger charge is 2.43. The van der Waals surface area contributed by atoms with Gasteiger partial charge in [-0.15, -0.1) is 10.2 Å². The molecular weight excluding hydrogens is 296 g/mol. The van der Waals surface area contributed by atoms with Crippen molar-refractivity contribution in [1.29, 1.82) is 0 Å². The molecule has 3 N–H and O–H groups in total. The van der Waals surface area contributed by atoms with E-state index in [9.17, 15) is 4.79 Å². The van der Waals surface area contributed by atoms with Crippen molar-refractivity contribution in [2.24, 2.45) is 5.41 Å². The van der Waals surface area contributed by atoms with Crippen LogP contribution in [-0.2, 0) is 4.74 Å². The molecule has 0 aromatic carbocycles. The largest absolute Gasteiger partial charge is 0.395 e. The van der Waals surface area contributed by atoms with E-state index in [4.69, 9.17) is 9.84 Å². The molecule has 7 nitrogen and oxygen atoms in total. The van der Waals surface area contributed by atoms with E-state index in [-0.39, 0.29) is 24.8 Å². The predicted molar refractivity (Wildman–Crippen MR) is 85.2 cm³/mol. The second-order valence-corrected chi connectivity index (χ2v) is 6.35. The average Bonchev–Trinajstić information content (AvgIpc) is 2.96. The van der Waals surface area contributed by atoms with Gasteiger partial charge in [0, 0.05) is 25.8 Å². The number of rotatable bonds is 5. The first kappa shape index (κ1) is 16.1. The molecule has 0 radical (unpaired) electrons. The number of carbonyl (C=O) groups excluding carboxylic acids is 1. The Hall–Kier alpha value is -1.73. The van der Waals surface area contributed by atoms with E-state index in [1.54, 1.807) is 12.1 Å². The summed E-state index contributed by atoms with van der Waals surface area (Å²) in [6, 6.07) is 3.86. The molecule has 3 rings (SSSR count). The highest BCUT2D eigenvalue weighted by Crippen LogP contribution is 2.46. The van der Waals surface area contributed by atoms with Gasteiger partial charge in [0.2, 0.25) is 0 Å². The zero-order valence-corrected chi connectivity index (χ0v) is 13.3. The number of aromatic nitrogens is 2. The summed E-state index contributed by atoms with van der Waals surface area (Å²) in [4.78, 5) is 11.7. The molecule has 23 heavy (non-hydrogen) atoms. The minimum atomic E-state index is -0.320. The maximum atomic E-state index is 11.7. The Labute approximate surface area is 135 Å². The Bertz CT molecular complexity index is 529. The fourth-order valence-electron chi connectivity index (χ4n) is 3.71. The molecule has 0 bridgehead atoms. The lowest BCUT2D eigenvalue weighted by Crippen LogP contribution is -2.40. The van der Waals surface area contributed by atoms with Crippen LogP contribution in [0.4, 0.5) is 5.82 Å². The third kappa shape index (κ3) is 3.61. The van der Waals surface area contributed by atoms with E-state index in [1.165, 1.54) is 12.8 Å². The van der Waals surface area contributed by atoms with E-state index < -0.39 is 0 Å². The summed E-state index contributed by atoms with van der Waals surface area (Å²) < 4.78 is 5.51. The number of amides is 1. The molecule has 1 saturated carbocycles. The quantitative estimate of drug-likeness (QED) is 0.748. The Balaban J connectivity index is 1.62. The zero-order chi connectivity index (χ0) is 16.1. The lowest BCUT2D eigenvalue weighted by molar-refractivity contribution is 0.0134. The molecule has 1 amide bonds. The Kier molecular flexibility index (Phi) is 5.07. The maximum Gasteiger partial charge on any atom is 0.271 e. The number of aliphatic hydroxyl groups excluding tert-OH is 1. The zero-order valence-electron chi connectivity index (χ0n) is 13.3. The van der Waals surface area contributed by atoms with Crippen molar-refractivity contribution < 1.29 is 14.6 Å². The Morgan fingerprint density at radius 3 is 2.83 bits per heavy atom. The summed E-state index contributed by atoms with van der Waals surface area (Å²) in [5.41, 5.74) is 0.577. The molecule has 2 fully saturated rings. The fraction of sp³-hybridized carbons (Fsp3) is 0.688. The van der Waals surface area contributed by atoms with Crippen molar-refractivity contribution in [2.45, 2.75) is 38.1 Å². The maximum absolute atomic E-state index is 11.7. The molecule has 2 heterocycles. The molecule has 1 aromatic rings. The topological polar surface area (TPSA) is 96.4 Å². The summed E-state index contributed by atoms with van der Waals surface area (Å²) in [6.07, 6.45) is 5.80. The predicted octanol–water partition coefficient (Wildman–Crippen LogP) is 0.960. The van der Waals surface area contributed by atoms with Crippen molar-refractivity contribution in [3.05, 3.63) is 17.8 Å². The van der Waals surface area contributed by atoms with Crippen LogP contribution >= 0.6 is 0 Å². The van der Waals surface area contributed by atoms with E-state index in [1.807, 2.05) is 0 Å². The van der Waals surface area contributed by atoms with Crippen molar-refractivity contribution in [2.75, 3.05) is 31.7 Å². The fourth-order valence-corrected chi connectivity index (χ4v) is 3.71. The van der Waals surface area contributed by atoms with Gasteiger partial charge in [-0.25, -0.2) is 0 Å². The minimum Gasteiger partial charge on any atom is -0.395 e. The normalized spacial score (nSPS) is 22.9. The number of nitrogens with one attached hydrogen (secondary N) is 2. The van der Waals surface area contributed by atoms with Gasteiger partial charge in [0.05, 0.1) is 6.61 Å². The standard InChI is InChI=1S/C16H24N4O3/c21-9-8-17-15(22)12-3-4-14(20-19-12)18-13-2-1-5-16(13)6-10-23-11-7-16/h3-4,13,21H,1-2,5-11H2,(H,17,22)(H,18,20). The lowest BCUT2D eigenvalue weighted by atomic mass is 9.75. The van der Waals surface area contributed by atoms with E-state index in [0.717, 1.165) is 32.5 Å². The number of hydrogen-bond acceptors (Lipinski definition) is 6. The van der Waals surface area contributed by atoms with Crippen molar-refractivity contribution in [3.63, 3.8) is 0 Å². The van der Waals surface area contributed by atoms with Crippen LogP contribution in [0.15, 0.2) is 12.1 Å². The summed E-state index contributed by atoms with van der Waals surface area (Å²) in [5.74, 6) is 0.390. The lowest BCUT2D eigenvalue weighted by Gasteiger charge is -2.39. The molecule has 1 aromatic heterocycles. The average molecular weight is 320 g/mol. The second kappa shape index (κ2) is 7.23. The molecule has 1 aliphatic heterocycles. The monoisotopic (exact) mass is 320 g/mol. The Morgan fingerprint density at radius 2 is 2.13 bits per heavy atom. The van der Waals surface area contributed by atoms with Crippen molar-refractivity contribution in [3.8, 4) is 0 Å². The number of anilines is 1. The van der Waals surface area contributed by atoms with Gasteiger partial charge in [0.1, 0.15) is 5.82 Å². The molecule has 1 spiro atoms. The van der Waals surface area contributed by atoms with Crippen LogP contribution in [0.25, 0.3) is 0 Å². The highest BCUT2D eigenvalue weighted by atomic mass is 16.5. The second-order valence-electron chi connectivity index (χ2n) is 6.35. The molecule has 1 aliphatic carbocycles. The van der Waals surface area contributed by atoms with E-state index in [2.05, 4.69) is 20.8 Å². The smallest absolute Gasteiger partial charge is 0.271 e. The van der Waals surface area contributed by atoms with Crippen LogP contribution in [0.1, 0.15) is 42.6 Å². The van der Waals surface area contributed by atoms with Crippen LogP contribution in [0.2, 0.25) is 0 Å². The summed E-state index contributed by atoms with van der Waals surface area (Å²) in [5, 5.41) is 22.9. The van der Waals surface area contributed by atoms with Gasteiger partial charge in [0.15, 0.2) is 5.69 Å². The Morgan fingerprint density at radius 1 is 1.30 bits per heavy atom. The minimum absolute atomic E-state index is 0.0910. The number of aliphatic hydroxyl groups is 1. The molecule has 1 saturated heterocycles. The van der Waals surface area contributed by atoms with Gasteiger partial charge in [-0.05, 0) is 43.2 Å². The van der Waals surface area contributed by atoms with E-state index >= 15 is 0 Å². The van der Waals surface area contributed by atoms with Crippen molar-refractivity contribution >= 4 is 11.7 Å². The van der Waals surface area contributed by atoms with E-state index in [0.29, 0.717) is 17.3 Å². The number of hydrogen-bond donors (Lipinski definition) is 3. The molecule has 1 atom stereocenters. The van der Waals surface area contributed by atoms with Crippen LogP contribution in [-0.4, -0.2) is 53.6 Å². The third-order valence-corrected chi connectivity index (χ3v) is 5.01. The first-order valence-electron chi connectivity index (χ1n) is 8.31. The summed E-state index contributed by atoms with van der Waals surface area (Å²) >= 11 is 0. The number of nitrogens with zero attached hydrogens (tertiary/aromatic N) is 2. The summed E-state index contributed by atoms with van der Waals surface area (Å²) in [7, 11) is 0. The molecule has 1 unspecified atom stereocenters. The molecular formula is C16H24N4O3. The van der Waals surface area contributed by atoms with Gasteiger partial charge in [-0.1, -0.05) is 6.42 Å².